The van der Waals surface area contributed by atoms with Crippen LogP contribution in [0.25, 0.3) is 22.0 Å². The quantitative estimate of drug-likeness (QED) is 0.0581. The average Bonchev–Trinajstić information content (AvgIpc) is 3.39. The van der Waals surface area contributed by atoms with Gasteiger partial charge in [0.1, 0.15) is 5.69 Å². The van der Waals surface area contributed by atoms with E-state index in [2.05, 4.69) is 15.5 Å². The molecule has 0 bridgehead atoms. The van der Waals surface area contributed by atoms with Gasteiger partial charge in [-0.05, 0) is 60.5 Å². The van der Waals surface area contributed by atoms with Crippen molar-refractivity contribution in [2.24, 2.45) is 5.10 Å². The Morgan fingerprint density at radius 1 is 1.00 bits per heavy atom. The minimum atomic E-state index is -0.710. The molecule has 1 heterocycles. The van der Waals surface area contributed by atoms with Crippen LogP contribution in [0.5, 0.6) is 11.5 Å². The number of carbonyl (C=O) groups excluding carboxylic acids is 2. The van der Waals surface area contributed by atoms with Crippen LogP contribution in [0.2, 0.25) is 10.0 Å². The van der Waals surface area contributed by atoms with E-state index in [1.54, 1.807) is 31.2 Å². The number of H-pyrrole nitrogens is 1. The molecule has 0 saturated carbocycles. The van der Waals surface area contributed by atoms with E-state index < -0.39 is 16.8 Å². The van der Waals surface area contributed by atoms with Crippen LogP contribution in [0.4, 0.5) is 5.69 Å². The van der Waals surface area contributed by atoms with Crippen molar-refractivity contribution in [3.8, 4) is 22.6 Å². The molecule has 0 aliphatic carbocycles. The Bertz CT molecular complexity index is 1870. The molecular weight excluding hydrogens is 595 g/mol. The number of amides is 1. The van der Waals surface area contributed by atoms with Gasteiger partial charge in [-0.3, -0.25) is 14.9 Å². The molecule has 0 spiro atoms. The van der Waals surface area contributed by atoms with Gasteiger partial charge in [0.25, 0.3) is 11.6 Å². The zero-order valence-electron chi connectivity index (χ0n) is 22.5. The van der Waals surface area contributed by atoms with Crippen LogP contribution in [0.1, 0.15) is 33.3 Å². The van der Waals surface area contributed by atoms with E-state index >= 15 is 0 Å². The maximum Gasteiger partial charge on any atom is 0.343 e. The fourth-order valence-electron chi connectivity index (χ4n) is 4.35. The first kappa shape index (κ1) is 29.3. The number of hydrazone groups is 1. The molecule has 2 N–H and O–H groups in total. The van der Waals surface area contributed by atoms with Crippen LogP contribution in [0.15, 0.2) is 90.0 Å². The first-order valence-electron chi connectivity index (χ1n) is 12.9. The SMILES string of the molecule is CCOc1cc(C=NNC(=O)c2[nH]c3c(Cl)cc(Cl)cc3c2-c2ccccc2)ccc1OC(=O)c1ccc([N+](=O)[O-])cc1. The molecule has 4 aromatic carbocycles. The van der Waals surface area contributed by atoms with Crippen molar-refractivity contribution >= 4 is 57.9 Å². The van der Waals surface area contributed by atoms with Crippen molar-refractivity contribution in [1.29, 1.82) is 0 Å². The van der Waals surface area contributed by atoms with Crippen molar-refractivity contribution in [2.75, 3.05) is 6.61 Å². The van der Waals surface area contributed by atoms with E-state index in [1.165, 1.54) is 36.5 Å². The predicted molar refractivity (Wildman–Crippen MR) is 164 cm³/mol. The minimum absolute atomic E-state index is 0.136. The molecule has 5 rings (SSSR count). The molecule has 0 fully saturated rings. The summed E-state index contributed by atoms with van der Waals surface area (Å²) in [7, 11) is 0. The lowest BCUT2D eigenvalue weighted by Crippen LogP contribution is -2.18. The molecular formula is C31H22Cl2N4O6. The fourth-order valence-corrected chi connectivity index (χ4v) is 4.89. The van der Waals surface area contributed by atoms with Gasteiger partial charge in [-0.1, -0.05) is 53.5 Å². The van der Waals surface area contributed by atoms with Gasteiger partial charge in [0.2, 0.25) is 0 Å². The lowest BCUT2D eigenvalue weighted by molar-refractivity contribution is -0.384. The lowest BCUT2D eigenvalue weighted by atomic mass is 10.0. The van der Waals surface area contributed by atoms with Gasteiger partial charge < -0.3 is 14.5 Å². The number of fused-ring (bicyclic) bond motifs is 1. The van der Waals surface area contributed by atoms with Crippen molar-refractivity contribution in [2.45, 2.75) is 6.92 Å². The number of aromatic amines is 1. The van der Waals surface area contributed by atoms with E-state index in [4.69, 9.17) is 32.7 Å². The number of halogens is 2. The van der Waals surface area contributed by atoms with Gasteiger partial charge in [0, 0.05) is 28.1 Å². The number of non-ortho nitro benzene ring substituents is 1. The molecule has 0 aliphatic heterocycles. The standard InChI is InChI=1S/C31H22Cl2N4O6/c1-2-42-26-14-18(8-13-25(26)43-31(39)20-9-11-22(12-10-20)37(40)41)17-34-36-30(38)29-27(19-6-4-3-5-7-19)23-15-21(32)16-24(33)28(23)35-29/h3-17,35H,2H2,1H3,(H,36,38). The third-order valence-corrected chi connectivity index (χ3v) is 6.79. The summed E-state index contributed by atoms with van der Waals surface area (Å²) in [6.45, 7) is 2.06. The van der Waals surface area contributed by atoms with Gasteiger partial charge in [-0.2, -0.15) is 5.10 Å². The summed E-state index contributed by atoms with van der Waals surface area (Å²) < 4.78 is 11.1. The first-order chi connectivity index (χ1) is 20.7. The highest BCUT2D eigenvalue weighted by Crippen LogP contribution is 2.37. The third-order valence-electron chi connectivity index (χ3n) is 6.28. The number of aromatic nitrogens is 1. The summed E-state index contributed by atoms with van der Waals surface area (Å²) in [5, 5.41) is 16.5. The number of ether oxygens (including phenoxy) is 2. The van der Waals surface area contributed by atoms with Crippen LogP contribution in [0, 0.1) is 10.1 Å². The molecule has 12 heteroatoms. The van der Waals surface area contributed by atoms with Crippen molar-refractivity contribution < 1.29 is 24.0 Å². The third kappa shape index (κ3) is 6.50. The van der Waals surface area contributed by atoms with E-state index in [-0.39, 0.29) is 35.1 Å². The second kappa shape index (κ2) is 12.8. The number of carbonyl (C=O) groups is 2. The van der Waals surface area contributed by atoms with Gasteiger partial charge in [0.15, 0.2) is 11.5 Å². The largest absolute Gasteiger partial charge is 0.490 e. The van der Waals surface area contributed by atoms with E-state index in [0.717, 1.165) is 5.56 Å². The number of esters is 1. The Kier molecular flexibility index (Phi) is 8.70. The monoisotopic (exact) mass is 616 g/mol. The van der Waals surface area contributed by atoms with E-state index in [0.29, 0.717) is 32.1 Å². The predicted octanol–water partition coefficient (Wildman–Crippen LogP) is 7.43. The molecule has 0 radical (unpaired) electrons. The van der Waals surface area contributed by atoms with Gasteiger partial charge >= 0.3 is 5.97 Å². The summed E-state index contributed by atoms with van der Waals surface area (Å²) in [6.07, 6.45) is 1.41. The van der Waals surface area contributed by atoms with Crippen molar-refractivity contribution in [1.82, 2.24) is 10.4 Å². The van der Waals surface area contributed by atoms with Crippen LogP contribution in [-0.2, 0) is 0 Å². The van der Waals surface area contributed by atoms with Crippen molar-refractivity contribution in [3.05, 3.63) is 122 Å². The fraction of sp³-hybridized carbons (Fsp3) is 0.0645. The highest BCUT2D eigenvalue weighted by molar-refractivity contribution is 6.39. The normalized spacial score (nSPS) is 11.0. The number of rotatable bonds is 9. The zero-order chi connectivity index (χ0) is 30.5. The zero-order valence-corrected chi connectivity index (χ0v) is 24.0. The highest BCUT2D eigenvalue weighted by atomic mass is 35.5. The minimum Gasteiger partial charge on any atom is -0.490 e. The highest BCUT2D eigenvalue weighted by Gasteiger charge is 2.21. The summed E-state index contributed by atoms with van der Waals surface area (Å²) in [4.78, 5) is 39.3. The summed E-state index contributed by atoms with van der Waals surface area (Å²) in [6, 6.07) is 22.5. The maximum atomic E-state index is 13.3. The average molecular weight is 617 g/mol. The molecule has 43 heavy (non-hydrogen) atoms. The Morgan fingerprint density at radius 3 is 2.44 bits per heavy atom. The Hall–Kier alpha value is -5.19. The second-order valence-corrected chi connectivity index (χ2v) is 9.93. The molecule has 0 atom stereocenters. The number of hydrogen-bond acceptors (Lipinski definition) is 7. The van der Waals surface area contributed by atoms with Crippen molar-refractivity contribution in [3.63, 3.8) is 0 Å². The summed E-state index contributed by atoms with van der Waals surface area (Å²) >= 11 is 12.7. The van der Waals surface area contributed by atoms with E-state index in [1.807, 2.05) is 30.3 Å². The second-order valence-electron chi connectivity index (χ2n) is 9.08. The Labute approximate surface area is 255 Å². The molecule has 1 aromatic heterocycles. The number of benzene rings is 4. The topological polar surface area (TPSA) is 136 Å². The molecule has 5 aromatic rings. The lowest BCUT2D eigenvalue weighted by Gasteiger charge is -2.11. The van der Waals surface area contributed by atoms with E-state index in [9.17, 15) is 19.7 Å². The molecule has 216 valence electrons. The molecule has 0 unspecified atom stereocenters. The number of nitrogens with one attached hydrogen (secondary N) is 2. The van der Waals surface area contributed by atoms with Crippen LogP contribution in [0.3, 0.4) is 0 Å². The molecule has 10 nitrogen and oxygen atoms in total. The summed E-state index contributed by atoms with van der Waals surface area (Å²) in [5.74, 6) is -0.801. The smallest absolute Gasteiger partial charge is 0.343 e. The molecule has 1 amide bonds. The van der Waals surface area contributed by atoms with Crippen LogP contribution in [-0.4, -0.2) is 34.6 Å². The Balaban J connectivity index is 1.36. The van der Waals surface area contributed by atoms with Gasteiger partial charge in [-0.15, -0.1) is 0 Å². The number of nitro benzene ring substituents is 1. The Morgan fingerprint density at radius 2 is 1.74 bits per heavy atom. The van der Waals surface area contributed by atoms with Gasteiger partial charge in [0.05, 0.1) is 33.8 Å². The van der Waals surface area contributed by atoms with Crippen LogP contribution < -0.4 is 14.9 Å². The van der Waals surface area contributed by atoms with Gasteiger partial charge in [-0.25, -0.2) is 10.2 Å². The number of hydrogen-bond donors (Lipinski definition) is 2. The molecule has 0 aliphatic rings. The first-order valence-corrected chi connectivity index (χ1v) is 13.6. The number of nitrogens with zero attached hydrogens (tertiary/aromatic N) is 2. The number of nitro groups is 1. The summed E-state index contributed by atoms with van der Waals surface area (Å²) in [5.41, 5.74) is 5.32. The van der Waals surface area contributed by atoms with Crippen LogP contribution >= 0.6 is 23.2 Å². The maximum absolute atomic E-state index is 13.3. The molecule has 0 saturated heterocycles.